The number of phenolic OH excluding ortho intramolecular Hbond substituents is 1. The number of fused-ring (bicyclic) bond motifs is 1. The van der Waals surface area contributed by atoms with Crippen LogP contribution in [0.2, 0.25) is 0 Å². The van der Waals surface area contributed by atoms with E-state index in [-0.39, 0.29) is 11.5 Å². The molecule has 0 saturated carbocycles. The summed E-state index contributed by atoms with van der Waals surface area (Å²) in [6, 6.07) is 5.35. The van der Waals surface area contributed by atoms with Crippen LogP contribution in [0, 0.1) is 11.6 Å². The van der Waals surface area contributed by atoms with Crippen LogP contribution in [0.4, 0.5) is 14.7 Å². The molecule has 5 nitrogen and oxygen atoms in total. The second-order valence-corrected chi connectivity index (χ2v) is 3.95. The van der Waals surface area contributed by atoms with E-state index in [1.165, 1.54) is 10.6 Å². The summed E-state index contributed by atoms with van der Waals surface area (Å²) < 4.78 is 28.2. The van der Waals surface area contributed by atoms with Gasteiger partial charge in [-0.2, -0.15) is 4.98 Å². The predicted octanol–water partition coefficient (Wildman–Crippen LogP) is 1.96. The van der Waals surface area contributed by atoms with Crippen LogP contribution in [0.5, 0.6) is 5.75 Å². The summed E-state index contributed by atoms with van der Waals surface area (Å²) in [5.41, 5.74) is 6.39. The van der Waals surface area contributed by atoms with Crippen molar-refractivity contribution in [2.24, 2.45) is 0 Å². The first-order valence-corrected chi connectivity index (χ1v) is 5.35. The Morgan fingerprint density at radius 2 is 2.00 bits per heavy atom. The monoisotopic (exact) mass is 262 g/mol. The van der Waals surface area contributed by atoms with Gasteiger partial charge in [0, 0.05) is 11.8 Å². The van der Waals surface area contributed by atoms with Crippen LogP contribution in [0.15, 0.2) is 30.5 Å². The summed E-state index contributed by atoms with van der Waals surface area (Å²) in [7, 11) is 0. The number of hydrogen-bond donors (Lipinski definition) is 2. The molecule has 1 aromatic carbocycles. The lowest BCUT2D eigenvalue weighted by Crippen LogP contribution is -1.91. The van der Waals surface area contributed by atoms with E-state index in [0.717, 1.165) is 6.07 Å². The lowest BCUT2D eigenvalue weighted by atomic mass is 10.1. The number of phenols is 1. The molecule has 96 valence electrons. The largest absolute Gasteiger partial charge is 0.503 e. The summed E-state index contributed by atoms with van der Waals surface area (Å²) >= 11 is 0. The summed E-state index contributed by atoms with van der Waals surface area (Å²) in [4.78, 5) is 3.94. The number of hydrogen-bond acceptors (Lipinski definition) is 4. The Kier molecular flexibility index (Phi) is 2.34. The molecule has 0 atom stereocenters. The molecule has 0 radical (unpaired) electrons. The molecule has 3 N–H and O–H groups in total. The summed E-state index contributed by atoms with van der Waals surface area (Å²) in [6.45, 7) is 0. The van der Waals surface area contributed by atoms with Gasteiger partial charge < -0.3 is 10.8 Å². The number of nitrogen functional groups attached to an aromatic ring is 1. The molecular formula is C12H8F2N4O. The van der Waals surface area contributed by atoms with Gasteiger partial charge in [-0.25, -0.2) is 13.3 Å². The topological polar surface area (TPSA) is 76.4 Å². The molecule has 19 heavy (non-hydrogen) atoms. The van der Waals surface area contributed by atoms with E-state index in [4.69, 9.17) is 5.73 Å². The molecule has 2 heterocycles. The van der Waals surface area contributed by atoms with Crippen LogP contribution in [0.3, 0.4) is 0 Å². The van der Waals surface area contributed by atoms with Crippen molar-refractivity contribution in [1.29, 1.82) is 0 Å². The summed E-state index contributed by atoms with van der Waals surface area (Å²) in [6.07, 6.45) is 1.55. The number of aromatic hydroxyl groups is 1. The van der Waals surface area contributed by atoms with Crippen molar-refractivity contribution in [1.82, 2.24) is 14.6 Å². The highest BCUT2D eigenvalue weighted by atomic mass is 19.1. The number of nitrogens with zero attached hydrogens (tertiary/aromatic N) is 3. The van der Waals surface area contributed by atoms with Crippen molar-refractivity contribution in [3.63, 3.8) is 0 Å². The number of nitrogens with two attached hydrogens (primary N) is 1. The molecule has 0 unspecified atom stereocenters. The minimum atomic E-state index is -1.02. The van der Waals surface area contributed by atoms with Crippen LogP contribution in [-0.2, 0) is 0 Å². The van der Waals surface area contributed by atoms with Gasteiger partial charge in [-0.1, -0.05) is 0 Å². The Balaban J connectivity index is 2.21. The fourth-order valence-electron chi connectivity index (χ4n) is 1.83. The maximum absolute atomic E-state index is 13.8. The van der Waals surface area contributed by atoms with E-state index in [1.54, 1.807) is 18.3 Å². The number of rotatable bonds is 1. The number of pyridine rings is 1. The first-order valence-electron chi connectivity index (χ1n) is 5.35. The Hall–Kier alpha value is -2.70. The standard InChI is InChI=1S/C12H8F2N4O/c13-8-2-1-7(10(14)11(8)19)6-3-4-18-9(5-6)16-12(15)17-18/h1-5,19H,(H2,15,17). The third-order valence-corrected chi connectivity index (χ3v) is 2.73. The van der Waals surface area contributed by atoms with Crippen LogP contribution in [-0.4, -0.2) is 19.7 Å². The van der Waals surface area contributed by atoms with E-state index in [9.17, 15) is 13.9 Å². The maximum atomic E-state index is 13.8. The summed E-state index contributed by atoms with van der Waals surface area (Å²) in [5, 5.41) is 13.1. The fraction of sp³-hybridized carbons (Fsp3) is 0. The van der Waals surface area contributed by atoms with Crippen molar-refractivity contribution < 1.29 is 13.9 Å². The zero-order chi connectivity index (χ0) is 13.6. The minimum Gasteiger partial charge on any atom is -0.503 e. The molecule has 0 bridgehead atoms. The van der Waals surface area contributed by atoms with E-state index in [0.29, 0.717) is 11.2 Å². The molecule has 0 aliphatic carbocycles. The van der Waals surface area contributed by atoms with Crippen molar-refractivity contribution >= 4 is 11.6 Å². The average molecular weight is 262 g/mol. The highest BCUT2D eigenvalue weighted by Crippen LogP contribution is 2.30. The van der Waals surface area contributed by atoms with Gasteiger partial charge in [0.15, 0.2) is 23.0 Å². The Morgan fingerprint density at radius 3 is 2.79 bits per heavy atom. The lowest BCUT2D eigenvalue weighted by Gasteiger charge is -2.05. The van der Waals surface area contributed by atoms with Gasteiger partial charge in [0.1, 0.15) is 0 Å². The molecule has 0 aliphatic heterocycles. The van der Waals surface area contributed by atoms with Crippen LogP contribution >= 0.6 is 0 Å². The Bertz CT molecular complexity index is 785. The van der Waals surface area contributed by atoms with Gasteiger partial charge in [-0.15, -0.1) is 5.10 Å². The molecule has 3 aromatic rings. The average Bonchev–Trinajstić information content (AvgIpc) is 2.75. The zero-order valence-corrected chi connectivity index (χ0v) is 9.51. The first kappa shape index (κ1) is 11.4. The Morgan fingerprint density at radius 1 is 1.21 bits per heavy atom. The number of aromatic nitrogens is 3. The van der Waals surface area contributed by atoms with Crippen molar-refractivity contribution in [3.8, 4) is 16.9 Å². The second-order valence-electron chi connectivity index (χ2n) is 3.95. The number of benzene rings is 1. The third-order valence-electron chi connectivity index (χ3n) is 2.73. The molecule has 0 amide bonds. The highest BCUT2D eigenvalue weighted by molar-refractivity contribution is 5.69. The van der Waals surface area contributed by atoms with E-state index in [2.05, 4.69) is 10.1 Å². The van der Waals surface area contributed by atoms with Crippen LogP contribution in [0.25, 0.3) is 16.8 Å². The molecule has 0 spiro atoms. The predicted molar refractivity (Wildman–Crippen MR) is 64.4 cm³/mol. The Labute approximate surface area is 105 Å². The van der Waals surface area contributed by atoms with E-state index < -0.39 is 17.4 Å². The van der Waals surface area contributed by atoms with E-state index in [1.807, 2.05) is 0 Å². The summed E-state index contributed by atoms with van der Waals surface area (Å²) in [5.74, 6) is -2.93. The normalized spacial score (nSPS) is 11.1. The molecule has 7 heteroatoms. The molecule has 0 fully saturated rings. The molecule has 2 aromatic heterocycles. The molecule has 3 rings (SSSR count). The second kappa shape index (κ2) is 3.91. The SMILES string of the molecule is Nc1nc2cc(-c3ccc(F)c(O)c3F)ccn2n1. The lowest BCUT2D eigenvalue weighted by molar-refractivity contribution is 0.397. The quantitative estimate of drug-likeness (QED) is 0.702. The maximum Gasteiger partial charge on any atom is 0.240 e. The van der Waals surface area contributed by atoms with Crippen molar-refractivity contribution in [2.75, 3.05) is 5.73 Å². The molecule has 0 aliphatic rings. The van der Waals surface area contributed by atoms with Crippen molar-refractivity contribution in [3.05, 3.63) is 42.1 Å². The van der Waals surface area contributed by atoms with Crippen LogP contribution in [0.1, 0.15) is 0 Å². The fourth-order valence-corrected chi connectivity index (χ4v) is 1.83. The number of halogens is 2. The zero-order valence-electron chi connectivity index (χ0n) is 9.51. The van der Waals surface area contributed by atoms with E-state index >= 15 is 0 Å². The van der Waals surface area contributed by atoms with Gasteiger partial charge >= 0.3 is 0 Å². The first-order chi connectivity index (χ1) is 9.06. The highest BCUT2D eigenvalue weighted by Gasteiger charge is 2.14. The molecule has 0 saturated heterocycles. The van der Waals surface area contributed by atoms with Crippen molar-refractivity contribution in [2.45, 2.75) is 0 Å². The van der Waals surface area contributed by atoms with Crippen LogP contribution < -0.4 is 5.73 Å². The minimum absolute atomic E-state index is 0.0722. The van der Waals surface area contributed by atoms with Gasteiger partial charge in [0.05, 0.1) is 0 Å². The van der Waals surface area contributed by atoms with Gasteiger partial charge in [-0.05, 0) is 29.8 Å². The van der Waals surface area contributed by atoms with Gasteiger partial charge in [0.2, 0.25) is 5.95 Å². The third kappa shape index (κ3) is 1.75. The van der Waals surface area contributed by atoms with Gasteiger partial charge in [0.25, 0.3) is 0 Å². The number of anilines is 1. The van der Waals surface area contributed by atoms with Gasteiger partial charge in [-0.3, -0.25) is 0 Å². The molecular weight excluding hydrogens is 254 g/mol. The smallest absolute Gasteiger partial charge is 0.240 e.